The predicted octanol–water partition coefficient (Wildman–Crippen LogP) is -0.160. The van der Waals surface area contributed by atoms with Gasteiger partial charge in [0.05, 0.1) is 12.2 Å². The van der Waals surface area contributed by atoms with Crippen molar-refractivity contribution < 1.29 is 0 Å². The van der Waals surface area contributed by atoms with Gasteiger partial charge >= 0.3 is 0 Å². The first-order valence-electron chi connectivity index (χ1n) is 6.26. The summed E-state index contributed by atoms with van der Waals surface area (Å²) in [4.78, 5) is 16.7. The molecule has 3 aromatic heterocycles. The van der Waals surface area contributed by atoms with Crippen LogP contribution in [0.3, 0.4) is 0 Å². The Bertz CT molecular complexity index is 716. The SMILES string of the molecule is CNc1nc(NCc2ccnn2C)nc(-n2cncn2)n1. The second-order valence-corrected chi connectivity index (χ2v) is 4.17. The summed E-state index contributed by atoms with van der Waals surface area (Å²) in [6.07, 6.45) is 4.69. The summed E-state index contributed by atoms with van der Waals surface area (Å²) >= 11 is 0. The first-order chi connectivity index (χ1) is 10.3. The lowest BCUT2D eigenvalue weighted by molar-refractivity contribution is 0.717. The lowest BCUT2D eigenvalue weighted by atomic mass is 10.4. The standard InChI is InChI=1S/C11H14N10/c1-12-9-17-10(14-5-8-3-4-15-20(8)2)19-11(18-9)21-7-13-6-16-21/h3-4,6-7H,5H2,1-2H3,(H2,12,14,17,18,19). The highest BCUT2D eigenvalue weighted by Gasteiger charge is 2.08. The molecule has 0 unspecified atom stereocenters. The largest absolute Gasteiger partial charge is 0.357 e. The summed E-state index contributed by atoms with van der Waals surface area (Å²) in [5, 5.41) is 14.2. The van der Waals surface area contributed by atoms with E-state index in [9.17, 15) is 0 Å². The summed E-state index contributed by atoms with van der Waals surface area (Å²) in [5.41, 5.74) is 1.02. The normalized spacial score (nSPS) is 10.6. The van der Waals surface area contributed by atoms with Crippen molar-refractivity contribution in [2.75, 3.05) is 17.7 Å². The molecule has 2 N–H and O–H groups in total. The van der Waals surface area contributed by atoms with Crippen molar-refractivity contribution in [2.24, 2.45) is 7.05 Å². The molecule has 0 aliphatic rings. The maximum atomic E-state index is 4.31. The zero-order valence-corrected chi connectivity index (χ0v) is 11.6. The average Bonchev–Trinajstić information content (AvgIpc) is 3.16. The van der Waals surface area contributed by atoms with E-state index in [4.69, 9.17) is 0 Å². The highest BCUT2D eigenvalue weighted by molar-refractivity contribution is 5.37. The fourth-order valence-corrected chi connectivity index (χ4v) is 1.71. The number of anilines is 2. The number of rotatable bonds is 5. The molecule has 0 atom stereocenters. The number of aromatic nitrogens is 8. The number of nitrogens with zero attached hydrogens (tertiary/aromatic N) is 8. The Hall–Kier alpha value is -3.04. The maximum absolute atomic E-state index is 4.31. The van der Waals surface area contributed by atoms with Crippen molar-refractivity contribution >= 4 is 11.9 Å². The van der Waals surface area contributed by atoms with Crippen LogP contribution in [0, 0.1) is 0 Å². The van der Waals surface area contributed by atoms with Gasteiger partial charge in [0.25, 0.3) is 5.95 Å². The monoisotopic (exact) mass is 286 g/mol. The van der Waals surface area contributed by atoms with E-state index in [0.29, 0.717) is 24.4 Å². The van der Waals surface area contributed by atoms with Crippen LogP contribution in [0.2, 0.25) is 0 Å². The molecule has 108 valence electrons. The van der Waals surface area contributed by atoms with Crippen LogP contribution in [-0.4, -0.2) is 46.5 Å². The van der Waals surface area contributed by atoms with Crippen LogP contribution < -0.4 is 10.6 Å². The molecule has 3 aromatic rings. The predicted molar refractivity (Wildman–Crippen MR) is 74.8 cm³/mol. The van der Waals surface area contributed by atoms with Crippen LogP contribution in [0.15, 0.2) is 24.9 Å². The molecule has 0 saturated heterocycles. The summed E-state index contributed by atoms with van der Waals surface area (Å²) in [5.74, 6) is 1.28. The third-order valence-electron chi connectivity index (χ3n) is 2.82. The molecule has 3 rings (SSSR count). The van der Waals surface area contributed by atoms with Crippen LogP contribution in [-0.2, 0) is 13.6 Å². The van der Waals surface area contributed by atoms with E-state index in [2.05, 4.69) is 40.8 Å². The number of aryl methyl sites for hydroxylation is 1. The van der Waals surface area contributed by atoms with E-state index in [0.717, 1.165) is 5.69 Å². The number of hydrogen-bond acceptors (Lipinski definition) is 8. The zero-order valence-electron chi connectivity index (χ0n) is 11.6. The molecule has 0 radical (unpaired) electrons. The third-order valence-corrected chi connectivity index (χ3v) is 2.82. The van der Waals surface area contributed by atoms with E-state index in [1.165, 1.54) is 17.3 Å². The second kappa shape index (κ2) is 5.53. The van der Waals surface area contributed by atoms with Gasteiger partial charge < -0.3 is 10.6 Å². The molecule has 21 heavy (non-hydrogen) atoms. The molecule has 0 amide bonds. The molecular weight excluding hydrogens is 272 g/mol. The highest BCUT2D eigenvalue weighted by atomic mass is 15.4. The van der Waals surface area contributed by atoms with Gasteiger partial charge in [-0.2, -0.15) is 29.8 Å². The van der Waals surface area contributed by atoms with Crippen molar-refractivity contribution in [3.05, 3.63) is 30.6 Å². The molecule has 0 fully saturated rings. The molecule has 0 saturated carbocycles. The van der Waals surface area contributed by atoms with Gasteiger partial charge in [-0.25, -0.2) is 4.98 Å². The second-order valence-electron chi connectivity index (χ2n) is 4.17. The van der Waals surface area contributed by atoms with Gasteiger partial charge in [-0.05, 0) is 6.07 Å². The Morgan fingerprint density at radius 2 is 2.00 bits per heavy atom. The summed E-state index contributed by atoms with van der Waals surface area (Å²) in [7, 11) is 3.62. The van der Waals surface area contributed by atoms with Crippen LogP contribution >= 0.6 is 0 Å². The molecule has 0 spiro atoms. The third kappa shape index (κ3) is 2.78. The van der Waals surface area contributed by atoms with E-state index >= 15 is 0 Å². The fraction of sp³-hybridized carbons (Fsp3) is 0.273. The van der Waals surface area contributed by atoms with Crippen molar-refractivity contribution in [3.8, 4) is 5.95 Å². The minimum absolute atomic E-state index is 0.388. The zero-order chi connectivity index (χ0) is 14.7. The Balaban J connectivity index is 1.84. The van der Waals surface area contributed by atoms with Crippen molar-refractivity contribution in [3.63, 3.8) is 0 Å². The Morgan fingerprint density at radius 1 is 1.14 bits per heavy atom. The molecule has 10 nitrogen and oxygen atoms in total. The van der Waals surface area contributed by atoms with E-state index in [1.807, 2.05) is 13.1 Å². The van der Waals surface area contributed by atoms with Crippen LogP contribution in [0.4, 0.5) is 11.9 Å². The van der Waals surface area contributed by atoms with Gasteiger partial charge in [-0.15, -0.1) is 0 Å². The summed E-state index contributed by atoms with van der Waals surface area (Å²) in [6, 6.07) is 1.92. The lowest BCUT2D eigenvalue weighted by Crippen LogP contribution is -2.12. The molecule has 0 bridgehead atoms. The van der Waals surface area contributed by atoms with Crippen LogP contribution in [0.5, 0.6) is 0 Å². The quantitative estimate of drug-likeness (QED) is 0.665. The maximum Gasteiger partial charge on any atom is 0.258 e. The summed E-state index contributed by atoms with van der Waals surface area (Å²) in [6.45, 7) is 0.556. The van der Waals surface area contributed by atoms with Gasteiger partial charge in [-0.3, -0.25) is 4.68 Å². The van der Waals surface area contributed by atoms with Gasteiger partial charge in [0, 0.05) is 20.3 Å². The van der Waals surface area contributed by atoms with E-state index in [-0.39, 0.29) is 0 Å². The molecular formula is C11H14N10. The highest BCUT2D eigenvalue weighted by Crippen LogP contribution is 2.09. The first-order valence-corrected chi connectivity index (χ1v) is 6.26. The minimum Gasteiger partial charge on any atom is -0.357 e. The first kappa shape index (κ1) is 13.0. The minimum atomic E-state index is 0.388. The molecule has 0 aliphatic heterocycles. The summed E-state index contributed by atoms with van der Waals surface area (Å²) < 4.78 is 3.25. The molecule has 3 heterocycles. The Labute approximate surface area is 120 Å². The van der Waals surface area contributed by atoms with Gasteiger partial charge in [0.2, 0.25) is 11.9 Å². The van der Waals surface area contributed by atoms with Crippen LogP contribution in [0.25, 0.3) is 5.95 Å². The number of hydrogen-bond donors (Lipinski definition) is 2. The smallest absolute Gasteiger partial charge is 0.258 e. The molecule has 0 aromatic carbocycles. The van der Waals surface area contributed by atoms with Gasteiger partial charge in [-0.1, -0.05) is 0 Å². The number of nitrogens with one attached hydrogen (secondary N) is 2. The fourth-order valence-electron chi connectivity index (χ4n) is 1.71. The Kier molecular flexibility index (Phi) is 3.41. The van der Waals surface area contributed by atoms with Crippen molar-refractivity contribution in [1.29, 1.82) is 0 Å². The van der Waals surface area contributed by atoms with Crippen molar-refractivity contribution in [1.82, 2.24) is 39.5 Å². The van der Waals surface area contributed by atoms with Crippen molar-refractivity contribution in [2.45, 2.75) is 6.54 Å². The van der Waals surface area contributed by atoms with E-state index < -0.39 is 0 Å². The molecule has 0 aliphatic carbocycles. The average molecular weight is 286 g/mol. The molecule has 10 heteroatoms. The van der Waals surface area contributed by atoms with Gasteiger partial charge in [0.1, 0.15) is 12.7 Å². The Morgan fingerprint density at radius 3 is 2.67 bits per heavy atom. The van der Waals surface area contributed by atoms with E-state index in [1.54, 1.807) is 17.9 Å². The topological polar surface area (TPSA) is 111 Å². The lowest BCUT2D eigenvalue weighted by Gasteiger charge is -2.08. The van der Waals surface area contributed by atoms with Crippen LogP contribution in [0.1, 0.15) is 5.69 Å². The van der Waals surface area contributed by atoms with Gasteiger partial charge in [0.15, 0.2) is 0 Å².